The molecule has 0 aromatic heterocycles. The fourth-order valence-electron chi connectivity index (χ4n) is 2.92. The molecule has 0 fully saturated rings. The Morgan fingerprint density at radius 3 is 2.03 bits per heavy atom. The number of aliphatic carboxylic acids is 1. The van der Waals surface area contributed by atoms with E-state index in [0.717, 1.165) is 15.1 Å². The van der Waals surface area contributed by atoms with E-state index in [-0.39, 0.29) is 6.61 Å². The standard InChI is InChI=1S/C25H23BrO3S/c1-17-3-7-19(8-4-17)22(20-9-5-18(2)6-10-20)13-14-30-24-12-11-21(15-23(24)26)29-16-25(27)28/h3-13,15H,14,16H2,1-2H3,(H,27,28). The molecule has 0 heterocycles. The maximum absolute atomic E-state index is 10.7. The molecule has 3 aromatic carbocycles. The van der Waals surface area contributed by atoms with E-state index in [1.54, 1.807) is 23.9 Å². The SMILES string of the molecule is Cc1ccc(C(=CCSc2ccc(OCC(=O)O)cc2Br)c2ccc(C)cc2)cc1. The highest BCUT2D eigenvalue weighted by atomic mass is 79.9. The zero-order valence-corrected chi connectivity index (χ0v) is 19.3. The van der Waals surface area contributed by atoms with Gasteiger partial charge in [-0.15, -0.1) is 11.8 Å². The summed E-state index contributed by atoms with van der Waals surface area (Å²) in [6.07, 6.45) is 2.25. The molecule has 3 rings (SSSR count). The number of carbonyl (C=O) groups is 1. The van der Waals surface area contributed by atoms with Gasteiger partial charge in [-0.1, -0.05) is 65.7 Å². The number of carboxylic acid groups (broad SMARTS) is 1. The smallest absolute Gasteiger partial charge is 0.341 e. The molecule has 5 heteroatoms. The first-order valence-corrected chi connectivity index (χ1v) is 11.3. The minimum absolute atomic E-state index is 0.349. The van der Waals surface area contributed by atoms with Crippen LogP contribution < -0.4 is 4.74 Å². The van der Waals surface area contributed by atoms with Crippen LogP contribution in [0.15, 0.2) is 82.2 Å². The van der Waals surface area contributed by atoms with Crippen molar-refractivity contribution < 1.29 is 14.6 Å². The van der Waals surface area contributed by atoms with Gasteiger partial charge in [0.05, 0.1) is 0 Å². The van der Waals surface area contributed by atoms with Gasteiger partial charge in [0, 0.05) is 15.1 Å². The number of aryl methyl sites for hydroxylation is 2. The van der Waals surface area contributed by atoms with E-state index in [1.807, 2.05) is 6.07 Å². The fraction of sp³-hybridized carbons (Fsp3) is 0.160. The van der Waals surface area contributed by atoms with E-state index in [9.17, 15) is 4.79 Å². The van der Waals surface area contributed by atoms with Crippen molar-refractivity contribution in [3.05, 3.63) is 99.5 Å². The van der Waals surface area contributed by atoms with E-state index < -0.39 is 5.97 Å². The van der Waals surface area contributed by atoms with Crippen molar-refractivity contribution in [3.8, 4) is 5.75 Å². The maximum atomic E-state index is 10.7. The van der Waals surface area contributed by atoms with Crippen molar-refractivity contribution in [3.63, 3.8) is 0 Å². The third-order valence-electron chi connectivity index (χ3n) is 4.52. The monoisotopic (exact) mass is 482 g/mol. The molecular weight excluding hydrogens is 460 g/mol. The summed E-state index contributed by atoms with van der Waals surface area (Å²) in [4.78, 5) is 11.7. The van der Waals surface area contributed by atoms with Crippen LogP contribution in [0, 0.1) is 13.8 Å². The van der Waals surface area contributed by atoms with Gasteiger partial charge in [-0.25, -0.2) is 4.79 Å². The Hall–Kier alpha value is -2.50. The summed E-state index contributed by atoms with van der Waals surface area (Å²) >= 11 is 5.27. The molecule has 0 bridgehead atoms. The number of hydrogen-bond donors (Lipinski definition) is 1. The Balaban J connectivity index is 1.78. The van der Waals surface area contributed by atoms with Gasteiger partial charge < -0.3 is 9.84 Å². The van der Waals surface area contributed by atoms with Gasteiger partial charge in [0.25, 0.3) is 0 Å². The average Bonchev–Trinajstić information content (AvgIpc) is 2.72. The van der Waals surface area contributed by atoms with Crippen molar-refractivity contribution in [1.29, 1.82) is 0 Å². The maximum Gasteiger partial charge on any atom is 0.341 e. The van der Waals surface area contributed by atoms with Gasteiger partial charge in [0.1, 0.15) is 5.75 Å². The van der Waals surface area contributed by atoms with Gasteiger partial charge in [0.2, 0.25) is 0 Å². The molecule has 154 valence electrons. The average molecular weight is 483 g/mol. The highest BCUT2D eigenvalue weighted by molar-refractivity contribution is 9.10. The summed E-state index contributed by atoms with van der Waals surface area (Å²) in [5.41, 5.74) is 6.08. The van der Waals surface area contributed by atoms with Crippen molar-refractivity contribution >= 4 is 39.2 Å². The molecular formula is C25H23BrO3S. The Bertz CT molecular complexity index is 993. The van der Waals surface area contributed by atoms with Gasteiger partial charge in [0.15, 0.2) is 6.61 Å². The zero-order valence-electron chi connectivity index (χ0n) is 16.9. The second-order valence-corrected chi connectivity index (χ2v) is 8.85. The van der Waals surface area contributed by atoms with Crippen LogP contribution in [0.4, 0.5) is 0 Å². The largest absolute Gasteiger partial charge is 0.482 e. The first kappa shape index (κ1) is 22.2. The molecule has 0 atom stereocenters. The number of ether oxygens (including phenoxy) is 1. The number of halogens is 1. The molecule has 0 spiro atoms. The summed E-state index contributed by atoms with van der Waals surface area (Å²) in [6, 6.07) is 22.7. The molecule has 0 saturated heterocycles. The second kappa shape index (κ2) is 10.5. The number of rotatable bonds is 8. The minimum Gasteiger partial charge on any atom is -0.482 e. The highest BCUT2D eigenvalue weighted by Crippen LogP contribution is 2.32. The molecule has 0 amide bonds. The molecule has 30 heavy (non-hydrogen) atoms. The summed E-state index contributed by atoms with van der Waals surface area (Å²) in [5, 5.41) is 8.74. The highest BCUT2D eigenvalue weighted by Gasteiger charge is 2.07. The van der Waals surface area contributed by atoms with Gasteiger partial charge in [-0.2, -0.15) is 0 Å². The molecule has 3 aromatic rings. The third kappa shape index (κ3) is 6.25. The van der Waals surface area contributed by atoms with Crippen LogP contribution >= 0.6 is 27.7 Å². The van der Waals surface area contributed by atoms with Gasteiger partial charge in [-0.05, 0) is 64.7 Å². The molecule has 1 N–H and O–H groups in total. The third-order valence-corrected chi connectivity index (χ3v) is 6.44. The predicted molar refractivity (Wildman–Crippen MR) is 127 cm³/mol. The number of hydrogen-bond acceptors (Lipinski definition) is 3. The van der Waals surface area contributed by atoms with Gasteiger partial charge in [-0.3, -0.25) is 0 Å². The van der Waals surface area contributed by atoms with Crippen LogP contribution in [0.1, 0.15) is 22.3 Å². The van der Waals surface area contributed by atoms with Crippen LogP contribution in [-0.4, -0.2) is 23.4 Å². The lowest BCUT2D eigenvalue weighted by Gasteiger charge is -2.11. The van der Waals surface area contributed by atoms with Crippen LogP contribution in [0.5, 0.6) is 5.75 Å². The normalized spacial score (nSPS) is 10.5. The van der Waals surface area contributed by atoms with E-state index in [2.05, 4.69) is 84.4 Å². The number of carboxylic acids is 1. The van der Waals surface area contributed by atoms with Crippen LogP contribution in [0.2, 0.25) is 0 Å². The summed E-state index contributed by atoms with van der Waals surface area (Å²) in [6.45, 7) is 3.84. The lowest BCUT2D eigenvalue weighted by Crippen LogP contribution is -2.09. The molecule has 0 aliphatic carbocycles. The van der Waals surface area contributed by atoms with Crippen LogP contribution in [-0.2, 0) is 4.79 Å². The molecule has 0 saturated carbocycles. The van der Waals surface area contributed by atoms with E-state index >= 15 is 0 Å². The predicted octanol–water partition coefficient (Wildman–Crippen LogP) is 6.75. The fourth-order valence-corrected chi connectivity index (χ4v) is 4.41. The lowest BCUT2D eigenvalue weighted by molar-refractivity contribution is -0.139. The van der Waals surface area contributed by atoms with Crippen molar-refractivity contribution in [2.24, 2.45) is 0 Å². The Morgan fingerprint density at radius 2 is 1.53 bits per heavy atom. The minimum atomic E-state index is -0.991. The molecule has 3 nitrogen and oxygen atoms in total. The van der Waals surface area contributed by atoms with E-state index in [1.165, 1.54) is 27.8 Å². The second-order valence-electron chi connectivity index (χ2n) is 6.94. The van der Waals surface area contributed by atoms with Crippen LogP contribution in [0.25, 0.3) is 5.57 Å². The molecule has 0 radical (unpaired) electrons. The number of benzene rings is 3. The van der Waals surface area contributed by atoms with Crippen molar-refractivity contribution in [2.45, 2.75) is 18.7 Å². The molecule has 0 aliphatic heterocycles. The van der Waals surface area contributed by atoms with E-state index in [4.69, 9.17) is 9.84 Å². The van der Waals surface area contributed by atoms with Crippen molar-refractivity contribution in [1.82, 2.24) is 0 Å². The summed E-state index contributed by atoms with van der Waals surface area (Å²) in [5.74, 6) is 0.337. The van der Waals surface area contributed by atoms with E-state index in [0.29, 0.717) is 5.75 Å². The quantitative estimate of drug-likeness (QED) is 0.360. The summed E-state index contributed by atoms with van der Waals surface area (Å²) < 4.78 is 6.12. The molecule has 0 aliphatic rings. The first-order valence-electron chi connectivity index (χ1n) is 9.53. The zero-order chi connectivity index (χ0) is 21.5. The Kier molecular flexibility index (Phi) is 7.77. The topological polar surface area (TPSA) is 46.5 Å². The first-order chi connectivity index (χ1) is 14.4. The summed E-state index contributed by atoms with van der Waals surface area (Å²) in [7, 11) is 0. The Morgan fingerprint density at radius 1 is 0.967 bits per heavy atom. The van der Waals surface area contributed by atoms with Crippen LogP contribution in [0.3, 0.4) is 0 Å². The van der Waals surface area contributed by atoms with Crippen molar-refractivity contribution in [2.75, 3.05) is 12.4 Å². The Labute approximate surface area is 189 Å². The lowest BCUT2D eigenvalue weighted by atomic mass is 9.96. The number of thioether (sulfide) groups is 1. The molecule has 0 unspecified atom stereocenters. The van der Waals surface area contributed by atoms with Gasteiger partial charge >= 0.3 is 5.97 Å².